The molecule has 6 nitrogen and oxygen atoms in total. The maximum atomic E-state index is 11.6. The number of benzene rings is 1. The summed E-state index contributed by atoms with van der Waals surface area (Å²) in [5.74, 6) is 0.183. The molecule has 0 aliphatic heterocycles. The van der Waals surface area contributed by atoms with Crippen molar-refractivity contribution in [2.75, 3.05) is 31.3 Å². The Morgan fingerprint density at radius 3 is 2.39 bits per heavy atom. The van der Waals surface area contributed by atoms with Gasteiger partial charge in [-0.1, -0.05) is 11.6 Å². The third kappa shape index (κ3) is 3.66. The molecule has 0 fully saturated rings. The first-order valence-electron chi connectivity index (χ1n) is 4.96. The number of nitrogens with one attached hydrogen (secondary N) is 1. The molecule has 18 heavy (non-hydrogen) atoms. The summed E-state index contributed by atoms with van der Waals surface area (Å²) in [5.41, 5.74) is 0.201. The molecular formula is C10H14ClNO5S. The number of sulfonamides is 1. The van der Waals surface area contributed by atoms with Crippen LogP contribution in [0.5, 0.6) is 11.5 Å². The van der Waals surface area contributed by atoms with Crippen molar-refractivity contribution in [3.8, 4) is 11.5 Å². The first kappa shape index (κ1) is 14.9. The van der Waals surface area contributed by atoms with E-state index in [0.29, 0.717) is 10.8 Å². The lowest BCUT2D eigenvalue weighted by atomic mass is 10.3. The van der Waals surface area contributed by atoms with E-state index in [4.69, 9.17) is 26.2 Å². The van der Waals surface area contributed by atoms with Crippen LogP contribution in [-0.4, -0.2) is 40.1 Å². The molecule has 0 heterocycles. The predicted molar refractivity (Wildman–Crippen MR) is 69.1 cm³/mol. The highest BCUT2D eigenvalue weighted by atomic mass is 35.5. The minimum absolute atomic E-state index is 0.201. The van der Waals surface area contributed by atoms with Gasteiger partial charge in [-0.05, 0) is 0 Å². The Morgan fingerprint density at radius 1 is 1.28 bits per heavy atom. The summed E-state index contributed by atoms with van der Waals surface area (Å²) in [5, 5.41) is 8.96. The van der Waals surface area contributed by atoms with Crippen LogP contribution in [0.3, 0.4) is 0 Å². The van der Waals surface area contributed by atoms with Crippen LogP contribution in [0.4, 0.5) is 5.69 Å². The highest BCUT2D eigenvalue weighted by Gasteiger charge is 2.15. The van der Waals surface area contributed by atoms with Crippen molar-refractivity contribution in [3.63, 3.8) is 0 Å². The maximum absolute atomic E-state index is 11.6. The summed E-state index contributed by atoms with van der Waals surface area (Å²) < 4.78 is 35.4. The van der Waals surface area contributed by atoms with Gasteiger partial charge in [0.1, 0.15) is 11.5 Å². The fourth-order valence-corrected chi connectivity index (χ4v) is 2.35. The topological polar surface area (TPSA) is 84.9 Å². The third-order valence-corrected chi connectivity index (χ3v) is 3.65. The number of aliphatic hydroxyl groups is 1. The smallest absolute Gasteiger partial charge is 0.235 e. The molecule has 0 atom stereocenters. The van der Waals surface area contributed by atoms with E-state index < -0.39 is 22.4 Å². The van der Waals surface area contributed by atoms with Crippen LogP contribution >= 0.6 is 11.6 Å². The van der Waals surface area contributed by atoms with Crippen LogP contribution in [0.1, 0.15) is 0 Å². The largest absolute Gasteiger partial charge is 0.495 e. The fourth-order valence-electron chi connectivity index (χ4n) is 1.28. The van der Waals surface area contributed by atoms with E-state index in [1.54, 1.807) is 0 Å². The van der Waals surface area contributed by atoms with Crippen LogP contribution in [0.25, 0.3) is 0 Å². The minimum atomic E-state index is -3.63. The predicted octanol–water partition coefficient (Wildman–Crippen LogP) is 1.09. The van der Waals surface area contributed by atoms with Crippen LogP contribution in [-0.2, 0) is 10.0 Å². The van der Waals surface area contributed by atoms with Crippen molar-refractivity contribution in [2.24, 2.45) is 0 Å². The van der Waals surface area contributed by atoms with Gasteiger partial charge < -0.3 is 14.6 Å². The molecule has 1 aromatic carbocycles. The lowest BCUT2D eigenvalue weighted by molar-refractivity contribution is 0.320. The standard InChI is InChI=1S/C10H14ClNO5S/c1-16-9-6-8(10(17-2)5-7(9)11)12-18(14,15)4-3-13/h5-6,12-13H,3-4H2,1-2H3. The Morgan fingerprint density at radius 2 is 1.89 bits per heavy atom. The SMILES string of the molecule is COc1cc(NS(=O)(=O)CCO)c(OC)cc1Cl. The summed E-state index contributed by atoms with van der Waals surface area (Å²) in [6.45, 7) is -0.470. The van der Waals surface area contributed by atoms with E-state index in [1.807, 2.05) is 0 Å². The normalized spacial score (nSPS) is 11.1. The first-order chi connectivity index (χ1) is 8.43. The molecule has 8 heteroatoms. The maximum Gasteiger partial charge on any atom is 0.235 e. The molecule has 0 saturated carbocycles. The molecule has 1 aromatic rings. The monoisotopic (exact) mass is 295 g/mol. The molecule has 0 bridgehead atoms. The Bertz CT molecular complexity index is 517. The molecular weight excluding hydrogens is 282 g/mol. The Labute approximate surface area is 111 Å². The van der Waals surface area contributed by atoms with Crippen LogP contribution in [0.15, 0.2) is 12.1 Å². The van der Waals surface area contributed by atoms with Gasteiger partial charge in [0.15, 0.2) is 0 Å². The molecule has 0 unspecified atom stereocenters. The number of hydrogen-bond donors (Lipinski definition) is 2. The van der Waals surface area contributed by atoms with Gasteiger partial charge in [-0.2, -0.15) is 0 Å². The Balaban J connectivity index is 3.15. The van der Waals surface area contributed by atoms with Crippen molar-refractivity contribution in [3.05, 3.63) is 17.2 Å². The van der Waals surface area contributed by atoms with Gasteiger partial charge in [-0.3, -0.25) is 4.72 Å². The van der Waals surface area contributed by atoms with E-state index in [-0.39, 0.29) is 11.4 Å². The van der Waals surface area contributed by atoms with Gasteiger partial charge in [0.05, 0.1) is 37.3 Å². The molecule has 0 aliphatic rings. The van der Waals surface area contributed by atoms with Crippen LogP contribution in [0, 0.1) is 0 Å². The Kier molecular flexibility index (Phi) is 5.06. The average Bonchev–Trinajstić information content (AvgIpc) is 2.30. The van der Waals surface area contributed by atoms with Gasteiger partial charge in [0.25, 0.3) is 0 Å². The number of ether oxygens (including phenoxy) is 2. The van der Waals surface area contributed by atoms with E-state index in [1.165, 1.54) is 26.4 Å². The number of anilines is 1. The van der Waals surface area contributed by atoms with Crippen molar-refractivity contribution in [2.45, 2.75) is 0 Å². The zero-order chi connectivity index (χ0) is 13.8. The highest BCUT2D eigenvalue weighted by Crippen LogP contribution is 2.36. The summed E-state index contributed by atoms with van der Waals surface area (Å²) in [6, 6.07) is 2.85. The number of aliphatic hydroxyl groups excluding tert-OH is 1. The van der Waals surface area contributed by atoms with Gasteiger partial charge in [-0.25, -0.2) is 8.42 Å². The summed E-state index contributed by atoms with van der Waals surface area (Å²) in [4.78, 5) is 0. The first-order valence-corrected chi connectivity index (χ1v) is 6.99. The van der Waals surface area contributed by atoms with Crippen LogP contribution < -0.4 is 14.2 Å². The van der Waals surface area contributed by atoms with E-state index in [9.17, 15) is 8.42 Å². The van der Waals surface area contributed by atoms with Crippen molar-refractivity contribution in [1.82, 2.24) is 0 Å². The summed E-state index contributed by atoms with van der Waals surface area (Å²) in [7, 11) is -0.827. The molecule has 0 saturated heterocycles. The second-order valence-corrected chi connectivity index (χ2v) is 5.58. The molecule has 0 amide bonds. The summed E-state index contributed by atoms with van der Waals surface area (Å²) >= 11 is 5.89. The average molecular weight is 296 g/mol. The zero-order valence-electron chi connectivity index (χ0n) is 9.94. The third-order valence-electron chi connectivity index (χ3n) is 2.10. The molecule has 0 spiro atoms. The van der Waals surface area contributed by atoms with E-state index in [2.05, 4.69) is 4.72 Å². The van der Waals surface area contributed by atoms with Gasteiger partial charge in [0.2, 0.25) is 10.0 Å². The van der Waals surface area contributed by atoms with Crippen molar-refractivity contribution >= 4 is 27.3 Å². The summed E-state index contributed by atoms with van der Waals surface area (Å²) in [6.07, 6.45) is 0. The molecule has 0 aromatic heterocycles. The van der Waals surface area contributed by atoms with E-state index in [0.717, 1.165) is 0 Å². The van der Waals surface area contributed by atoms with E-state index >= 15 is 0 Å². The minimum Gasteiger partial charge on any atom is -0.495 e. The quantitative estimate of drug-likeness (QED) is 0.820. The lowest BCUT2D eigenvalue weighted by Crippen LogP contribution is -2.19. The Hall–Kier alpha value is -1.18. The highest BCUT2D eigenvalue weighted by molar-refractivity contribution is 7.92. The molecule has 102 valence electrons. The van der Waals surface area contributed by atoms with Crippen molar-refractivity contribution in [1.29, 1.82) is 0 Å². The second kappa shape index (κ2) is 6.12. The molecule has 0 aliphatic carbocycles. The van der Waals surface area contributed by atoms with Crippen LogP contribution in [0.2, 0.25) is 5.02 Å². The van der Waals surface area contributed by atoms with Crippen molar-refractivity contribution < 1.29 is 23.0 Å². The molecule has 0 radical (unpaired) electrons. The lowest BCUT2D eigenvalue weighted by Gasteiger charge is -2.13. The van der Waals surface area contributed by atoms with Gasteiger partial charge in [-0.15, -0.1) is 0 Å². The zero-order valence-corrected chi connectivity index (χ0v) is 11.5. The number of methoxy groups -OCH3 is 2. The molecule has 1 rings (SSSR count). The van der Waals surface area contributed by atoms with Gasteiger partial charge >= 0.3 is 0 Å². The number of rotatable bonds is 6. The molecule has 2 N–H and O–H groups in total. The number of hydrogen-bond acceptors (Lipinski definition) is 5. The van der Waals surface area contributed by atoms with Gasteiger partial charge in [0, 0.05) is 12.1 Å². The fraction of sp³-hybridized carbons (Fsp3) is 0.400. The second-order valence-electron chi connectivity index (χ2n) is 3.33. The number of halogens is 1.